The molecule has 0 fully saturated rings. The van der Waals surface area contributed by atoms with Gasteiger partial charge in [0.1, 0.15) is 11.5 Å². The number of amides is 1. The van der Waals surface area contributed by atoms with Crippen molar-refractivity contribution in [1.82, 2.24) is 28.6 Å². The molecule has 1 amide bonds. The second-order valence-corrected chi connectivity index (χ2v) is 6.47. The van der Waals surface area contributed by atoms with Gasteiger partial charge in [-0.3, -0.25) is 14.2 Å². The zero-order valence-corrected chi connectivity index (χ0v) is 14.6. The Balaban J connectivity index is 1.64. The summed E-state index contributed by atoms with van der Waals surface area (Å²) >= 11 is 0. The van der Waals surface area contributed by atoms with Crippen molar-refractivity contribution in [1.29, 1.82) is 0 Å². The molecule has 26 heavy (non-hydrogen) atoms. The molecule has 0 aromatic carbocycles. The zero-order valence-electron chi connectivity index (χ0n) is 14.6. The number of nitrogens with zero attached hydrogens (tertiary/aromatic N) is 6. The van der Waals surface area contributed by atoms with E-state index in [1.807, 2.05) is 40.7 Å². The molecule has 1 aliphatic heterocycles. The Morgan fingerprint density at radius 1 is 1.27 bits per heavy atom. The van der Waals surface area contributed by atoms with Crippen molar-refractivity contribution in [2.45, 2.75) is 26.1 Å². The van der Waals surface area contributed by atoms with Gasteiger partial charge in [0.2, 0.25) is 0 Å². The van der Waals surface area contributed by atoms with Crippen molar-refractivity contribution in [3.8, 4) is 0 Å². The number of carbonyl (C=O) groups is 1. The zero-order chi connectivity index (χ0) is 18.1. The van der Waals surface area contributed by atoms with E-state index in [0.29, 0.717) is 43.4 Å². The number of aromatic nitrogens is 5. The molecule has 0 spiro atoms. The van der Waals surface area contributed by atoms with Crippen LogP contribution < -0.4 is 5.56 Å². The van der Waals surface area contributed by atoms with Crippen LogP contribution in [-0.4, -0.2) is 41.0 Å². The SMILES string of the molecule is Cn1cccc1C(=O)N1CCCn2c(nc(Cn3ccnc3)cc2=O)C1. The highest BCUT2D eigenvalue weighted by Crippen LogP contribution is 2.14. The number of aryl methyl sites for hydroxylation is 1. The van der Waals surface area contributed by atoms with Crippen molar-refractivity contribution < 1.29 is 4.79 Å². The van der Waals surface area contributed by atoms with Gasteiger partial charge in [-0.15, -0.1) is 0 Å². The Labute approximate surface area is 150 Å². The van der Waals surface area contributed by atoms with E-state index in [-0.39, 0.29) is 11.5 Å². The summed E-state index contributed by atoms with van der Waals surface area (Å²) in [5.74, 6) is 0.591. The van der Waals surface area contributed by atoms with E-state index >= 15 is 0 Å². The third-order valence-electron chi connectivity index (χ3n) is 4.64. The lowest BCUT2D eigenvalue weighted by atomic mass is 10.3. The van der Waals surface area contributed by atoms with E-state index in [4.69, 9.17) is 0 Å². The molecule has 134 valence electrons. The summed E-state index contributed by atoms with van der Waals surface area (Å²) in [4.78, 5) is 35.8. The van der Waals surface area contributed by atoms with Gasteiger partial charge >= 0.3 is 0 Å². The standard InChI is InChI=1S/C18H20N6O2/c1-21-6-2-4-15(21)18(26)23-7-3-8-24-16(12-23)20-14(10-17(24)25)11-22-9-5-19-13-22/h2,4-6,9-10,13H,3,7-8,11-12H2,1H3. The Kier molecular flexibility index (Phi) is 4.16. The molecule has 3 aromatic rings. The molecule has 0 saturated carbocycles. The minimum Gasteiger partial charge on any atom is -0.347 e. The molecular weight excluding hydrogens is 332 g/mol. The molecule has 1 aliphatic rings. The molecule has 3 aromatic heterocycles. The van der Waals surface area contributed by atoms with E-state index in [0.717, 1.165) is 6.42 Å². The molecule has 0 bridgehead atoms. The van der Waals surface area contributed by atoms with Gasteiger partial charge < -0.3 is 14.0 Å². The molecule has 0 N–H and O–H groups in total. The lowest BCUT2D eigenvalue weighted by Gasteiger charge is -2.20. The van der Waals surface area contributed by atoms with Crippen LogP contribution in [0.4, 0.5) is 0 Å². The lowest BCUT2D eigenvalue weighted by Crippen LogP contribution is -2.33. The van der Waals surface area contributed by atoms with Gasteiger partial charge in [0, 0.05) is 44.8 Å². The molecule has 0 radical (unpaired) electrons. The maximum Gasteiger partial charge on any atom is 0.270 e. The summed E-state index contributed by atoms with van der Waals surface area (Å²) in [5, 5.41) is 0. The monoisotopic (exact) mass is 352 g/mol. The van der Waals surface area contributed by atoms with E-state index in [1.165, 1.54) is 0 Å². The summed E-state index contributed by atoms with van der Waals surface area (Å²) in [5.41, 5.74) is 1.24. The second-order valence-electron chi connectivity index (χ2n) is 6.47. The molecule has 4 heterocycles. The predicted molar refractivity (Wildman–Crippen MR) is 94.6 cm³/mol. The van der Waals surface area contributed by atoms with Crippen LogP contribution in [0.15, 0.2) is 47.9 Å². The van der Waals surface area contributed by atoms with Gasteiger partial charge in [-0.2, -0.15) is 0 Å². The van der Waals surface area contributed by atoms with Gasteiger partial charge in [0.05, 0.1) is 25.1 Å². The van der Waals surface area contributed by atoms with Crippen LogP contribution in [0.25, 0.3) is 0 Å². The average molecular weight is 352 g/mol. The molecule has 0 saturated heterocycles. The quantitative estimate of drug-likeness (QED) is 0.701. The Bertz CT molecular complexity index is 986. The van der Waals surface area contributed by atoms with Crippen LogP contribution in [0.5, 0.6) is 0 Å². The summed E-state index contributed by atoms with van der Waals surface area (Å²) in [7, 11) is 1.85. The maximum absolute atomic E-state index is 12.8. The minimum atomic E-state index is -0.0710. The fourth-order valence-electron chi connectivity index (χ4n) is 3.30. The smallest absolute Gasteiger partial charge is 0.270 e. The molecule has 0 aliphatic carbocycles. The first-order valence-corrected chi connectivity index (χ1v) is 8.58. The van der Waals surface area contributed by atoms with E-state index in [2.05, 4.69) is 9.97 Å². The highest BCUT2D eigenvalue weighted by Gasteiger charge is 2.23. The van der Waals surface area contributed by atoms with Gasteiger partial charge in [-0.05, 0) is 18.6 Å². The highest BCUT2D eigenvalue weighted by atomic mass is 16.2. The fraction of sp³-hybridized carbons (Fsp3) is 0.333. The van der Waals surface area contributed by atoms with Crippen molar-refractivity contribution >= 4 is 5.91 Å². The first kappa shape index (κ1) is 16.3. The van der Waals surface area contributed by atoms with Crippen LogP contribution in [0.2, 0.25) is 0 Å². The Morgan fingerprint density at radius 2 is 2.15 bits per heavy atom. The first-order chi connectivity index (χ1) is 12.6. The van der Waals surface area contributed by atoms with Crippen molar-refractivity contribution in [3.63, 3.8) is 0 Å². The van der Waals surface area contributed by atoms with Crippen LogP contribution in [0.3, 0.4) is 0 Å². The number of carbonyl (C=O) groups excluding carboxylic acids is 1. The van der Waals surface area contributed by atoms with E-state index < -0.39 is 0 Å². The summed E-state index contributed by atoms with van der Waals surface area (Å²) in [6, 6.07) is 5.23. The van der Waals surface area contributed by atoms with Crippen LogP contribution in [0.1, 0.15) is 28.4 Å². The molecule has 4 rings (SSSR count). The summed E-state index contributed by atoms with van der Waals surface area (Å²) in [6.45, 7) is 1.99. The van der Waals surface area contributed by atoms with E-state index in [9.17, 15) is 9.59 Å². The van der Waals surface area contributed by atoms with Crippen molar-refractivity contribution in [2.75, 3.05) is 6.54 Å². The van der Waals surface area contributed by atoms with Gasteiger partial charge in [-0.1, -0.05) is 0 Å². The minimum absolute atomic E-state index is 0.0415. The summed E-state index contributed by atoms with van der Waals surface area (Å²) in [6.07, 6.45) is 7.79. The number of imidazole rings is 1. The highest BCUT2D eigenvalue weighted by molar-refractivity contribution is 5.92. The van der Waals surface area contributed by atoms with Crippen LogP contribution >= 0.6 is 0 Å². The second kappa shape index (κ2) is 6.62. The van der Waals surface area contributed by atoms with Gasteiger partial charge in [0.25, 0.3) is 11.5 Å². The topological polar surface area (TPSA) is 78.0 Å². The maximum atomic E-state index is 12.8. The number of fused-ring (bicyclic) bond motifs is 1. The normalized spacial score (nSPS) is 14.1. The molecule has 0 atom stereocenters. The van der Waals surface area contributed by atoms with E-state index in [1.54, 1.807) is 28.1 Å². The van der Waals surface area contributed by atoms with Crippen molar-refractivity contribution in [2.24, 2.45) is 7.05 Å². The van der Waals surface area contributed by atoms with Crippen LogP contribution in [-0.2, 0) is 26.7 Å². The third-order valence-corrected chi connectivity index (χ3v) is 4.64. The fourth-order valence-corrected chi connectivity index (χ4v) is 3.30. The third kappa shape index (κ3) is 3.05. The average Bonchev–Trinajstić information content (AvgIpc) is 3.21. The van der Waals surface area contributed by atoms with Crippen molar-refractivity contribution in [3.05, 3.63) is 70.7 Å². The predicted octanol–water partition coefficient (Wildman–Crippen LogP) is 0.873. The number of rotatable bonds is 3. The lowest BCUT2D eigenvalue weighted by molar-refractivity contribution is 0.0734. The molecule has 8 heteroatoms. The Morgan fingerprint density at radius 3 is 2.88 bits per heavy atom. The summed E-state index contributed by atoms with van der Waals surface area (Å²) < 4.78 is 5.35. The Hall–Kier alpha value is -3.16. The molecular formula is C18H20N6O2. The first-order valence-electron chi connectivity index (χ1n) is 8.58. The largest absolute Gasteiger partial charge is 0.347 e. The van der Waals surface area contributed by atoms with Crippen LogP contribution in [0, 0.1) is 0 Å². The molecule has 8 nitrogen and oxygen atoms in total. The van der Waals surface area contributed by atoms with Gasteiger partial charge in [-0.25, -0.2) is 9.97 Å². The molecule has 0 unspecified atom stereocenters. The number of hydrogen-bond donors (Lipinski definition) is 0. The number of hydrogen-bond acceptors (Lipinski definition) is 4. The van der Waals surface area contributed by atoms with Gasteiger partial charge in [0.15, 0.2) is 0 Å².